The predicted octanol–water partition coefficient (Wildman–Crippen LogP) is 5.12. The van der Waals surface area contributed by atoms with E-state index >= 15 is 0 Å². The minimum atomic E-state index is -0.00539. The number of hydrogen-bond acceptors (Lipinski definition) is 4. The van der Waals surface area contributed by atoms with Crippen molar-refractivity contribution in [3.8, 4) is 11.5 Å². The SMILES string of the molecule is CCCOC(Cc1ccncc1)c1ccc(OC)c(OC2CCCC2)c1. The third-order valence-corrected chi connectivity index (χ3v) is 4.85. The van der Waals surface area contributed by atoms with Gasteiger partial charge in [-0.05, 0) is 67.5 Å². The van der Waals surface area contributed by atoms with E-state index in [0.717, 1.165) is 49.4 Å². The Bertz CT molecular complexity index is 668. The van der Waals surface area contributed by atoms with Gasteiger partial charge in [0, 0.05) is 25.4 Å². The zero-order valence-corrected chi connectivity index (χ0v) is 15.8. The molecule has 1 atom stereocenters. The van der Waals surface area contributed by atoms with Gasteiger partial charge in [0.05, 0.1) is 19.3 Å². The molecule has 1 unspecified atom stereocenters. The summed E-state index contributed by atoms with van der Waals surface area (Å²) >= 11 is 0. The van der Waals surface area contributed by atoms with E-state index in [1.807, 2.05) is 30.6 Å². The number of aromatic nitrogens is 1. The Morgan fingerprint density at radius 1 is 1.08 bits per heavy atom. The number of pyridine rings is 1. The van der Waals surface area contributed by atoms with Crippen molar-refractivity contribution in [1.82, 2.24) is 4.98 Å². The number of ether oxygens (including phenoxy) is 3. The fourth-order valence-corrected chi connectivity index (χ4v) is 3.44. The molecule has 4 nitrogen and oxygen atoms in total. The summed E-state index contributed by atoms with van der Waals surface area (Å²) in [5, 5.41) is 0. The van der Waals surface area contributed by atoms with Gasteiger partial charge in [-0.2, -0.15) is 0 Å². The summed E-state index contributed by atoms with van der Waals surface area (Å²) in [5.74, 6) is 1.62. The van der Waals surface area contributed by atoms with Crippen molar-refractivity contribution < 1.29 is 14.2 Å². The Morgan fingerprint density at radius 2 is 1.85 bits per heavy atom. The van der Waals surface area contributed by atoms with E-state index in [-0.39, 0.29) is 6.10 Å². The third-order valence-electron chi connectivity index (χ3n) is 4.85. The summed E-state index contributed by atoms with van der Waals surface area (Å²) in [5.41, 5.74) is 2.35. The number of rotatable bonds is 9. The lowest BCUT2D eigenvalue weighted by Crippen LogP contribution is -2.13. The minimum absolute atomic E-state index is 0.00539. The number of methoxy groups -OCH3 is 1. The van der Waals surface area contributed by atoms with Gasteiger partial charge in [0.2, 0.25) is 0 Å². The number of nitrogens with zero attached hydrogens (tertiary/aromatic N) is 1. The van der Waals surface area contributed by atoms with Crippen LogP contribution in [0.5, 0.6) is 11.5 Å². The molecule has 26 heavy (non-hydrogen) atoms. The van der Waals surface area contributed by atoms with Crippen LogP contribution in [0.1, 0.15) is 56.3 Å². The van der Waals surface area contributed by atoms with E-state index in [4.69, 9.17) is 14.2 Å². The van der Waals surface area contributed by atoms with E-state index in [9.17, 15) is 0 Å². The topological polar surface area (TPSA) is 40.6 Å². The van der Waals surface area contributed by atoms with Gasteiger partial charge in [0.15, 0.2) is 11.5 Å². The molecule has 1 heterocycles. The van der Waals surface area contributed by atoms with Gasteiger partial charge in [-0.3, -0.25) is 4.98 Å². The van der Waals surface area contributed by atoms with Crippen LogP contribution in [-0.4, -0.2) is 24.8 Å². The van der Waals surface area contributed by atoms with Crippen molar-refractivity contribution in [1.29, 1.82) is 0 Å². The van der Waals surface area contributed by atoms with Gasteiger partial charge in [-0.15, -0.1) is 0 Å². The molecule has 0 spiro atoms. The van der Waals surface area contributed by atoms with Gasteiger partial charge >= 0.3 is 0 Å². The van der Waals surface area contributed by atoms with Crippen LogP contribution in [0.25, 0.3) is 0 Å². The summed E-state index contributed by atoms with van der Waals surface area (Å²) in [7, 11) is 1.69. The lowest BCUT2D eigenvalue weighted by atomic mass is 10.0. The second-order valence-electron chi connectivity index (χ2n) is 6.85. The van der Waals surface area contributed by atoms with Crippen LogP contribution in [0, 0.1) is 0 Å². The second-order valence-corrected chi connectivity index (χ2v) is 6.85. The van der Waals surface area contributed by atoms with Crippen LogP contribution in [0.3, 0.4) is 0 Å². The molecule has 1 fully saturated rings. The van der Waals surface area contributed by atoms with Crippen molar-refractivity contribution in [3.05, 3.63) is 53.9 Å². The molecular weight excluding hydrogens is 326 g/mol. The van der Waals surface area contributed by atoms with E-state index in [1.54, 1.807) is 7.11 Å². The lowest BCUT2D eigenvalue weighted by molar-refractivity contribution is 0.0529. The number of hydrogen-bond donors (Lipinski definition) is 0. The van der Waals surface area contributed by atoms with Crippen LogP contribution in [0.2, 0.25) is 0 Å². The molecule has 1 aromatic carbocycles. The van der Waals surface area contributed by atoms with Crippen molar-refractivity contribution >= 4 is 0 Å². The molecule has 3 rings (SSSR count). The maximum absolute atomic E-state index is 6.25. The molecule has 0 bridgehead atoms. The van der Waals surface area contributed by atoms with Crippen LogP contribution >= 0.6 is 0 Å². The van der Waals surface area contributed by atoms with Gasteiger partial charge in [0.25, 0.3) is 0 Å². The Morgan fingerprint density at radius 3 is 2.54 bits per heavy atom. The Kier molecular flexibility index (Phi) is 6.89. The maximum Gasteiger partial charge on any atom is 0.161 e. The summed E-state index contributed by atoms with van der Waals surface area (Å²) in [6, 6.07) is 10.3. The van der Waals surface area contributed by atoms with Crippen molar-refractivity contribution in [2.75, 3.05) is 13.7 Å². The quantitative estimate of drug-likeness (QED) is 0.626. The van der Waals surface area contributed by atoms with E-state index in [1.165, 1.54) is 18.4 Å². The first-order valence-corrected chi connectivity index (χ1v) is 9.65. The fraction of sp³-hybridized carbons (Fsp3) is 0.500. The predicted molar refractivity (Wildman–Crippen MR) is 103 cm³/mol. The smallest absolute Gasteiger partial charge is 0.161 e. The molecule has 4 heteroatoms. The molecule has 140 valence electrons. The molecule has 1 aliphatic carbocycles. The third kappa shape index (κ3) is 4.98. The molecular formula is C22H29NO3. The lowest BCUT2D eigenvalue weighted by Gasteiger charge is -2.21. The average molecular weight is 355 g/mol. The molecule has 1 aromatic heterocycles. The zero-order chi connectivity index (χ0) is 18.2. The van der Waals surface area contributed by atoms with E-state index in [0.29, 0.717) is 6.10 Å². The van der Waals surface area contributed by atoms with E-state index < -0.39 is 0 Å². The van der Waals surface area contributed by atoms with Crippen LogP contribution < -0.4 is 9.47 Å². The van der Waals surface area contributed by atoms with Crippen LogP contribution in [0.15, 0.2) is 42.7 Å². The van der Waals surface area contributed by atoms with Crippen LogP contribution in [0.4, 0.5) is 0 Å². The fourth-order valence-electron chi connectivity index (χ4n) is 3.44. The molecule has 1 aliphatic rings. The first kappa shape index (κ1) is 18.7. The largest absolute Gasteiger partial charge is 0.493 e. The molecule has 0 aliphatic heterocycles. The molecule has 1 saturated carbocycles. The van der Waals surface area contributed by atoms with Crippen molar-refractivity contribution in [2.45, 2.75) is 57.7 Å². The molecule has 2 aromatic rings. The highest BCUT2D eigenvalue weighted by atomic mass is 16.5. The standard InChI is InChI=1S/C22H29NO3/c1-3-14-25-21(15-17-10-12-23-13-11-17)18-8-9-20(24-2)22(16-18)26-19-6-4-5-7-19/h8-13,16,19,21H,3-7,14-15H2,1-2H3. The minimum Gasteiger partial charge on any atom is -0.493 e. The Balaban J connectivity index is 1.82. The van der Waals surface area contributed by atoms with Crippen molar-refractivity contribution in [3.63, 3.8) is 0 Å². The average Bonchev–Trinajstić information content (AvgIpc) is 3.19. The van der Waals surface area contributed by atoms with Crippen molar-refractivity contribution in [2.24, 2.45) is 0 Å². The highest BCUT2D eigenvalue weighted by Gasteiger charge is 2.20. The normalized spacial score (nSPS) is 15.8. The van der Waals surface area contributed by atoms with Gasteiger partial charge in [-0.1, -0.05) is 13.0 Å². The first-order chi connectivity index (χ1) is 12.8. The van der Waals surface area contributed by atoms with Gasteiger partial charge < -0.3 is 14.2 Å². The van der Waals surface area contributed by atoms with E-state index in [2.05, 4.69) is 24.0 Å². The Labute approximate surface area is 156 Å². The van der Waals surface area contributed by atoms with Gasteiger partial charge in [-0.25, -0.2) is 0 Å². The molecule has 0 radical (unpaired) electrons. The molecule has 0 amide bonds. The highest BCUT2D eigenvalue weighted by molar-refractivity contribution is 5.44. The summed E-state index contributed by atoms with van der Waals surface area (Å²) in [4.78, 5) is 4.10. The summed E-state index contributed by atoms with van der Waals surface area (Å²) in [6.07, 6.45) is 10.5. The molecule has 0 N–H and O–H groups in total. The second kappa shape index (κ2) is 9.58. The zero-order valence-electron chi connectivity index (χ0n) is 15.8. The Hall–Kier alpha value is -2.07. The highest BCUT2D eigenvalue weighted by Crippen LogP contribution is 2.35. The maximum atomic E-state index is 6.25. The van der Waals surface area contributed by atoms with Crippen LogP contribution in [-0.2, 0) is 11.2 Å². The molecule has 0 saturated heterocycles. The van der Waals surface area contributed by atoms with Gasteiger partial charge in [0.1, 0.15) is 0 Å². The number of benzene rings is 1. The monoisotopic (exact) mass is 355 g/mol. The summed E-state index contributed by atoms with van der Waals surface area (Å²) < 4.78 is 17.9. The summed E-state index contributed by atoms with van der Waals surface area (Å²) in [6.45, 7) is 2.87. The first-order valence-electron chi connectivity index (χ1n) is 9.65.